The number of nitrogens with one attached hydrogen (secondary N) is 1. The van der Waals surface area contributed by atoms with Crippen LogP contribution in [-0.2, 0) is 14.3 Å². The highest BCUT2D eigenvalue weighted by atomic mass is 16.5. The first-order valence-corrected chi connectivity index (χ1v) is 7.46. The van der Waals surface area contributed by atoms with Crippen LogP contribution in [0.1, 0.15) is 33.1 Å². The summed E-state index contributed by atoms with van der Waals surface area (Å²) in [5.74, 6) is -0.851. The molecule has 1 saturated heterocycles. The number of likely N-dealkylation sites (tertiary alicyclic amines) is 1. The van der Waals surface area contributed by atoms with Crippen molar-refractivity contribution in [2.45, 2.75) is 45.3 Å². The van der Waals surface area contributed by atoms with Crippen molar-refractivity contribution in [2.75, 3.05) is 32.8 Å². The number of piperidine rings is 1. The quantitative estimate of drug-likeness (QED) is 0.655. The van der Waals surface area contributed by atoms with Gasteiger partial charge in [-0.1, -0.05) is 0 Å². The second kappa shape index (κ2) is 9.57. The maximum atomic E-state index is 11.9. The number of hydrogen-bond acceptors (Lipinski definition) is 4. The van der Waals surface area contributed by atoms with E-state index in [0.717, 1.165) is 12.8 Å². The normalized spacial score (nSPS) is 16.2. The number of aliphatic carboxylic acids is 1. The van der Waals surface area contributed by atoms with Gasteiger partial charge in [-0.2, -0.15) is 0 Å². The molecule has 0 bridgehead atoms. The van der Waals surface area contributed by atoms with Crippen LogP contribution in [0.2, 0.25) is 0 Å². The van der Waals surface area contributed by atoms with Crippen LogP contribution in [0.25, 0.3) is 0 Å². The van der Waals surface area contributed by atoms with Gasteiger partial charge in [-0.25, -0.2) is 4.79 Å². The minimum atomic E-state index is -0.851. The van der Waals surface area contributed by atoms with Gasteiger partial charge >= 0.3 is 12.0 Å². The van der Waals surface area contributed by atoms with Crippen LogP contribution in [0.3, 0.4) is 0 Å². The summed E-state index contributed by atoms with van der Waals surface area (Å²) in [6.45, 7) is 6.43. The van der Waals surface area contributed by atoms with Crippen LogP contribution in [-0.4, -0.2) is 67.1 Å². The predicted octanol–water partition coefficient (Wildman–Crippen LogP) is 1.08. The first kappa shape index (κ1) is 17.7. The molecule has 0 aromatic carbocycles. The fraction of sp³-hybridized carbons (Fsp3) is 0.857. The Hall–Kier alpha value is -1.34. The zero-order chi connectivity index (χ0) is 15.7. The highest BCUT2D eigenvalue weighted by Gasteiger charge is 2.23. The standard InChI is InChI=1S/C14H26N2O5/c1-11(2)20-10-6-15-14(19)16-7-3-12(4-8-16)21-9-5-13(17)18/h11-12H,3-10H2,1-2H3,(H,15,19)(H,17,18). The molecule has 1 rings (SSSR count). The van der Waals surface area contributed by atoms with Crippen LogP contribution in [0, 0.1) is 0 Å². The van der Waals surface area contributed by atoms with E-state index in [0.29, 0.717) is 26.2 Å². The highest BCUT2D eigenvalue weighted by Crippen LogP contribution is 2.13. The number of carbonyl (C=O) groups excluding carboxylic acids is 1. The van der Waals surface area contributed by atoms with E-state index in [1.165, 1.54) is 0 Å². The molecule has 0 atom stereocenters. The second-order valence-electron chi connectivity index (χ2n) is 5.35. The van der Waals surface area contributed by atoms with Crippen molar-refractivity contribution in [3.8, 4) is 0 Å². The molecule has 0 aromatic heterocycles. The maximum Gasteiger partial charge on any atom is 0.317 e. The molecule has 0 radical (unpaired) electrons. The van der Waals surface area contributed by atoms with Crippen LogP contribution in [0.15, 0.2) is 0 Å². The van der Waals surface area contributed by atoms with E-state index in [1.54, 1.807) is 4.90 Å². The minimum absolute atomic E-state index is 0.0244. The third kappa shape index (κ3) is 7.87. The molecule has 0 aromatic rings. The first-order chi connectivity index (χ1) is 9.99. The largest absolute Gasteiger partial charge is 0.481 e. The number of urea groups is 1. The summed E-state index contributed by atoms with van der Waals surface area (Å²) < 4.78 is 10.8. The second-order valence-corrected chi connectivity index (χ2v) is 5.35. The van der Waals surface area contributed by atoms with Crippen LogP contribution >= 0.6 is 0 Å². The molecule has 0 saturated carbocycles. The Bertz CT molecular complexity index is 327. The SMILES string of the molecule is CC(C)OCCNC(=O)N1CCC(OCCC(=O)O)CC1. The summed E-state index contributed by atoms with van der Waals surface area (Å²) in [5, 5.41) is 11.4. The van der Waals surface area contributed by atoms with E-state index in [4.69, 9.17) is 14.6 Å². The molecule has 2 N–H and O–H groups in total. The zero-order valence-corrected chi connectivity index (χ0v) is 12.8. The van der Waals surface area contributed by atoms with Crippen molar-refractivity contribution in [3.63, 3.8) is 0 Å². The molecule has 1 heterocycles. The van der Waals surface area contributed by atoms with Gasteiger partial charge in [0.05, 0.1) is 31.8 Å². The van der Waals surface area contributed by atoms with Crippen molar-refractivity contribution >= 4 is 12.0 Å². The smallest absolute Gasteiger partial charge is 0.317 e. The average molecular weight is 302 g/mol. The lowest BCUT2D eigenvalue weighted by atomic mass is 10.1. The van der Waals surface area contributed by atoms with Gasteiger partial charge in [-0.15, -0.1) is 0 Å². The van der Waals surface area contributed by atoms with Gasteiger partial charge < -0.3 is 24.8 Å². The maximum absolute atomic E-state index is 11.9. The molecule has 2 amide bonds. The summed E-state index contributed by atoms with van der Waals surface area (Å²) in [7, 11) is 0. The predicted molar refractivity (Wildman–Crippen MR) is 77.3 cm³/mol. The van der Waals surface area contributed by atoms with E-state index in [2.05, 4.69) is 5.32 Å². The first-order valence-electron chi connectivity index (χ1n) is 7.46. The van der Waals surface area contributed by atoms with Crippen molar-refractivity contribution in [2.24, 2.45) is 0 Å². The number of amides is 2. The molecule has 0 unspecified atom stereocenters. The molecule has 1 aliphatic heterocycles. The third-order valence-corrected chi connectivity index (χ3v) is 3.23. The number of nitrogens with zero attached hydrogens (tertiary/aromatic N) is 1. The fourth-order valence-electron chi connectivity index (χ4n) is 2.10. The van der Waals surface area contributed by atoms with E-state index in [-0.39, 0.29) is 31.3 Å². The molecule has 1 aliphatic rings. The molecular formula is C14H26N2O5. The monoisotopic (exact) mass is 302 g/mol. The molecule has 7 heteroatoms. The molecule has 1 fully saturated rings. The van der Waals surface area contributed by atoms with Crippen molar-refractivity contribution in [1.29, 1.82) is 0 Å². The number of rotatable bonds is 8. The Morgan fingerprint density at radius 2 is 1.95 bits per heavy atom. The van der Waals surface area contributed by atoms with E-state index < -0.39 is 5.97 Å². The zero-order valence-electron chi connectivity index (χ0n) is 12.8. The van der Waals surface area contributed by atoms with Crippen LogP contribution in [0.5, 0.6) is 0 Å². The summed E-state index contributed by atoms with van der Waals surface area (Å²) in [4.78, 5) is 24.0. The van der Waals surface area contributed by atoms with Crippen molar-refractivity contribution < 1.29 is 24.2 Å². The van der Waals surface area contributed by atoms with Crippen molar-refractivity contribution in [1.82, 2.24) is 10.2 Å². The van der Waals surface area contributed by atoms with Gasteiger partial charge in [-0.3, -0.25) is 4.79 Å². The number of carbonyl (C=O) groups is 2. The molecule has 0 aliphatic carbocycles. The summed E-state index contributed by atoms with van der Waals surface area (Å²) in [6, 6.07) is -0.0775. The fourth-order valence-corrected chi connectivity index (χ4v) is 2.10. The van der Waals surface area contributed by atoms with Crippen molar-refractivity contribution in [3.05, 3.63) is 0 Å². The van der Waals surface area contributed by atoms with Crippen LogP contribution < -0.4 is 5.32 Å². The Morgan fingerprint density at radius 1 is 1.29 bits per heavy atom. The van der Waals surface area contributed by atoms with Gasteiger partial charge in [0.2, 0.25) is 0 Å². The minimum Gasteiger partial charge on any atom is -0.481 e. The lowest BCUT2D eigenvalue weighted by Gasteiger charge is -2.31. The average Bonchev–Trinajstić information content (AvgIpc) is 2.43. The Labute approximate surface area is 125 Å². The molecule has 21 heavy (non-hydrogen) atoms. The van der Waals surface area contributed by atoms with E-state index in [1.807, 2.05) is 13.8 Å². The van der Waals surface area contributed by atoms with Crippen LogP contribution in [0.4, 0.5) is 4.79 Å². The van der Waals surface area contributed by atoms with Gasteiger partial charge in [0.15, 0.2) is 0 Å². The lowest BCUT2D eigenvalue weighted by Crippen LogP contribution is -2.46. The van der Waals surface area contributed by atoms with Gasteiger partial charge in [0.25, 0.3) is 0 Å². The summed E-state index contributed by atoms with van der Waals surface area (Å²) >= 11 is 0. The van der Waals surface area contributed by atoms with Gasteiger partial charge in [0, 0.05) is 19.6 Å². The van der Waals surface area contributed by atoms with Gasteiger partial charge in [0.1, 0.15) is 0 Å². The molecule has 7 nitrogen and oxygen atoms in total. The van der Waals surface area contributed by atoms with E-state index >= 15 is 0 Å². The number of carboxylic acid groups (broad SMARTS) is 1. The number of hydrogen-bond donors (Lipinski definition) is 2. The lowest BCUT2D eigenvalue weighted by molar-refractivity contribution is -0.138. The third-order valence-electron chi connectivity index (χ3n) is 3.23. The highest BCUT2D eigenvalue weighted by molar-refractivity contribution is 5.74. The Balaban J connectivity index is 2.11. The summed E-state index contributed by atoms with van der Waals surface area (Å²) in [5.41, 5.74) is 0. The Kier molecular flexibility index (Phi) is 8.07. The molecule has 122 valence electrons. The van der Waals surface area contributed by atoms with E-state index in [9.17, 15) is 9.59 Å². The molecular weight excluding hydrogens is 276 g/mol. The number of ether oxygens (including phenoxy) is 2. The topological polar surface area (TPSA) is 88.1 Å². The van der Waals surface area contributed by atoms with Gasteiger partial charge in [-0.05, 0) is 26.7 Å². The number of carboxylic acids is 1. The molecule has 0 spiro atoms. The Morgan fingerprint density at radius 3 is 2.52 bits per heavy atom. The summed E-state index contributed by atoms with van der Waals surface area (Å²) in [6.07, 6.45) is 1.74.